The third kappa shape index (κ3) is 2.04. The molecule has 0 unspecified atom stereocenters. The Kier molecular flexibility index (Phi) is 2.68. The van der Waals surface area contributed by atoms with Crippen LogP contribution in [0.3, 0.4) is 0 Å². The fourth-order valence-electron chi connectivity index (χ4n) is 1.71. The van der Waals surface area contributed by atoms with Crippen molar-refractivity contribution >= 4 is 27.4 Å². The zero-order chi connectivity index (χ0) is 13.4. The van der Waals surface area contributed by atoms with E-state index in [0.717, 1.165) is 16.7 Å². The number of nitrogens with two attached hydrogens (primary N) is 1. The average molecular weight is 275 g/mol. The number of rotatable bonds is 2. The quantitative estimate of drug-likeness (QED) is 0.718. The molecule has 2 N–H and O–H groups in total. The minimum atomic E-state index is -0.475. The number of methoxy groups -OCH3 is 1. The molecule has 2 heterocycles. The van der Waals surface area contributed by atoms with E-state index in [1.54, 1.807) is 25.3 Å². The molecule has 6 nitrogen and oxygen atoms in total. The third-order valence-corrected chi connectivity index (χ3v) is 3.40. The number of nitrogen functional groups attached to an aromatic ring is 1. The van der Waals surface area contributed by atoms with E-state index in [1.165, 1.54) is 0 Å². The SMILES string of the molecule is COc1ccc2cc(-c3nnc(N)s3)c(=O)oc2c1. The van der Waals surface area contributed by atoms with E-state index in [-0.39, 0.29) is 0 Å². The number of ether oxygens (including phenoxy) is 1. The Morgan fingerprint density at radius 3 is 2.84 bits per heavy atom. The van der Waals surface area contributed by atoms with E-state index in [4.69, 9.17) is 14.9 Å². The molecule has 0 spiro atoms. The lowest BCUT2D eigenvalue weighted by atomic mass is 10.2. The molecule has 0 atom stereocenters. The molecule has 0 bridgehead atoms. The largest absolute Gasteiger partial charge is 0.497 e. The van der Waals surface area contributed by atoms with Gasteiger partial charge in [-0.05, 0) is 18.2 Å². The summed E-state index contributed by atoms with van der Waals surface area (Å²) in [5, 5.41) is 9.07. The van der Waals surface area contributed by atoms with Crippen LogP contribution in [-0.4, -0.2) is 17.3 Å². The van der Waals surface area contributed by atoms with Gasteiger partial charge in [0.25, 0.3) is 0 Å². The highest BCUT2D eigenvalue weighted by atomic mass is 32.1. The number of anilines is 1. The molecular formula is C12H9N3O3S. The summed E-state index contributed by atoms with van der Waals surface area (Å²) in [4.78, 5) is 11.9. The van der Waals surface area contributed by atoms with Gasteiger partial charge in [-0.15, -0.1) is 10.2 Å². The summed E-state index contributed by atoms with van der Waals surface area (Å²) in [6, 6.07) is 6.97. The molecule has 96 valence electrons. The molecule has 0 fully saturated rings. The number of benzene rings is 1. The first-order valence-corrected chi connectivity index (χ1v) is 6.20. The number of hydrogen-bond donors (Lipinski definition) is 1. The van der Waals surface area contributed by atoms with E-state index >= 15 is 0 Å². The van der Waals surface area contributed by atoms with Crippen LogP contribution in [0, 0.1) is 0 Å². The fourth-order valence-corrected chi connectivity index (χ4v) is 2.32. The van der Waals surface area contributed by atoms with Crippen molar-refractivity contribution < 1.29 is 9.15 Å². The van der Waals surface area contributed by atoms with Gasteiger partial charge in [0.15, 0.2) is 5.01 Å². The molecule has 2 aromatic heterocycles. The lowest BCUT2D eigenvalue weighted by Crippen LogP contribution is -2.02. The molecule has 3 rings (SSSR count). The van der Waals surface area contributed by atoms with E-state index < -0.39 is 5.63 Å². The molecule has 0 saturated carbocycles. The van der Waals surface area contributed by atoms with Crippen molar-refractivity contribution in [1.29, 1.82) is 0 Å². The molecule has 0 aliphatic heterocycles. The average Bonchev–Trinajstić information content (AvgIpc) is 2.83. The molecule has 0 radical (unpaired) electrons. The van der Waals surface area contributed by atoms with Gasteiger partial charge in [0.05, 0.1) is 12.7 Å². The Morgan fingerprint density at radius 1 is 1.32 bits per heavy atom. The summed E-state index contributed by atoms with van der Waals surface area (Å²) in [5.74, 6) is 0.628. The molecule has 0 aliphatic carbocycles. The van der Waals surface area contributed by atoms with Gasteiger partial charge in [0.1, 0.15) is 11.3 Å². The van der Waals surface area contributed by atoms with Gasteiger partial charge in [-0.1, -0.05) is 11.3 Å². The maximum atomic E-state index is 11.9. The van der Waals surface area contributed by atoms with Gasteiger partial charge >= 0.3 is 5.63 Å². The van der Waals surface area contributed by atoms with Crippen LogP contribution in [0.5, 0.6) is 5.75 Å². The van der Waals surface area contributed by atoms with Crippen LogP contribution in [0.1, 0.15) is 0 Å². The van der Waals surface area contributed by atoms with Gasteiger partial charge in [0, 0.05) is 11.5 Å². The summed E-state index contributed by atoms with van der Waals surface area (Å²) in [5.41, 5.74) is 5.85. The van der Waals surface area contributed by atoms with Crippen molar-refractivity contribution in [3.63, 3.8) is 0 Å². The number of fused-ring (bicyclic) bond motifs is 1. The van der Waals surface area contributed by atoms with Crippen molar-refractivity contribution in [2.24, 2.45) is 0 Å². The molecule has 1 aromatic carbocycles. The Hall–Kier alpha value is -2.41. The molecule has 19 heavy (non-hydrogen) atoms. The van der Waals surface area contributed by atoms with Gasteiger partial charge in [0.2, 0.25) is 5.13 Å². The summed E-state index contributed by atoms with van der Waals surface area (Å²) in [7, 11) is 1.55. The van der Waals surface area contributed by atoms with Crippen molar-refractivity contribution in [3.05, 3.63) is 34.7 Å². The Balaban J connectivity index is 2.22. The lowest BCUT2D eigenvalue weighted by molar-refractivity contribution is 0.414. The second-order valence-corrected chi connectivity index (χ2v) is 4.81. The molecule has 3 aromatic rings. The summed E-state index contributed by atoms with van der Waals surface area (Å²) >= 11 is 1.14. The fraction of sp³-hybridized carbons (Fsp3) is 0.0833. The maximum absolute atomic E-state index is 11.9. The lowest BCUT2D eigenvalue weighted by Gasteiger charge is -2.02. The Labute approximate surface area is 111 Å². The number of nitrogens with zero attached hydrogens (tertiary/aromatic N) is 2. The van der Waals surface area contributed by atoms with Gasteiger partial charge in [-0.25, -0.2) is 4.79 Å². The summed E-state index contributed by atoms with van der Waals surface area (Å²) < 4.78 is 10.3. The molecule has 0 aliphatic rings. The minimum absolute atomic E-state index is 0.309. The first-order valence-electron chi connectivity index (χ1n) is 5.38. The maximum Gasteiger partial charge on any atom is 0.346 e. The van der Waals surface area contributed by atoms with Crippen LogP contribution in [0.4, 0.5) is 5.13 Å². The van der Waals surface area contributed by atoms with E-state index in [9.17, 15) is 4.79 Å². The second kappa shape index (κ2) is 4.36. The van der Waals surface area contributed by atoms with Crippen molar-refractivity contribution in [2.75, 3.05) is 12.8 Å². The van der Waals surface area contributed by atoms with Crippen LogP contribution in [0.15, 0.2) is 33.5 Å². The van der Waals surface area contributed by atoms with E-state index in [0.29, 0.717) is 27.0 Å². The predicted molar refractivity (Wildman–Crippen MR) is 72.4 cm³/mol. The van der Waals surface area contributed by atoms with Crippen molar-refractivity contribution in [1.82, 2.24) is 10.2 Å². The van der Waals surface area contributed by atoms with E-state index in [1.807, 2.05) is 6.07 Å². The zero-order valence-corrected chi connectivity index (χ0v) is 10.7. The molecular weight excluding hydrogens is 266 g/mol. The Bertz CT molecular complexity index is 809. The highest BCUT2D eigenvalue weighted by molar-refractivity contribution is 7.18. The number of aromatic nitrogens is 2. The van der Waals surface area contributed by atoms with Crippen LogP contribution >= 0.6 is 11.3 Å². The minimum Gasteiger partial charge on any atom is -0.497 e. The van der Waals surface area contributed by atoms with E-state index in [2.05, 4.69) is 10.2 Å². The standard InChI is InChI=1S/C12H9N3O3S/c1-17-7-3-2-6-4-8(10-14-15-12(13)19-10)11(16)18-9(6)5-7/h2-5H,1H3,(H2,13,15). The summed E-state index contributed by atoms with van der Waals surface area (Å²) in [6.07, 6.45) is 0. The van der Waals surface area contributed by atoms with Gasteiger partial charge in [-0.2, -0.15) is 0 Å². The first kappa shape index (κ1) is 11.7. The first-order chi connectivity index (χ1) is 9.17. The highest BCUT2D eigenvalue weighted by Crippen LogP contribution is 2.26. The topological polar surface area (TPSA) is 91.2 Å². The van der Waals surface area contributed by atoms with Crippen LogP contribution in [-0.2, 0) is 0 Å². The normalized spacial score (nSPS) is 10.8. The number of hydrogen-bond acceptors (Lipinski definition) is 7. The van der Waals surface area contributed by atoms with Crippen LogP contribution in [0.2, 0.25) is 0 Å². The van der Waals surface area contributed by atoms with Gasteiger partial charge in [-0.3, -0.25) is 0 Å². The van der Waals surface area contributed by atoms with Crippen molar-refractivity contribution in [3.8, 4) is 16.3 Å². The van der Waals surface area contributed by atoms with Crippen LogP contribution < -0.4 is 16.1 Å². The molecule has 0 amide bonds. The predicted octanol–water partition coefficient (Wildman–Crippen LogP) is 1.90. The Morgan fingerprint density at radius 2 is 2.16 bits per heavy atom. The monoisotopic (exact) mass is 275 g/mol. The van der Waals surface area contributed by atoms with Crippen LogP contribution in [0.25, 0.3) is 21.5 Å². The van der Waals surface area contributed by atoms with Crippen molar-refractivity contribution in [2.45, 2.75) is 0 Å². The zero-order valence-electron chi connectivity index (χ0n) is 9.91. The molecule has 0 saturated heterocycles. The molecule has 7 heteroatoms. The third-order valence-electron chi connectivity index (χ3n) is 2.61. The highest BCUT2D eigenvalue weighted by Gasteiger charge is 2.12. The summed E-state index contributed by atoms with van der Waals surface area (Å²) in [6.45, 7) is 0. The second-order valence-electron chi connectivity index (χ2n) is 3.80. The smallest absolute Gasteiger partial charge is 0.346 e. The van der Waals surface area contributed by atoms with Gasteiger partial charge < -0.3 is 14.9 Å².